The van der Waals surface area contributed by atoms with E-state index in [2.05, 4.69) is 47.7 Å². The van der Waals surface area contributed by atoms with Gasteiger partial charge in [0.1, 0.15) is 6.61 Å². The van der Waals surface area contributed by atoms with Gasteiger partial charge >= 0.3 is 0 Å². The van der Waals surface area contributed by atoms with Crippen LogP contribution < -0.4 is 0 Å². The van der Waals surface area contributed by atoms with Crippen LogP contribution in [-0.2, 0) is 14.0 Å². The fourth-order valence-corrected chi connectivity index (χ4v) is 7.17. The predicted molar refractivity (Wildman–Crippen MR) is 104 cm³/mol. The van der Waals surface area contributed by atoms with Crippen LogP contribution in [0.4, 0.5) is 0 Å². The average Bonchev–Trinajstić information content (AvgIpc) is 2.98. The van der Waals surface area contributed by atoms with Crippen molar-refractivity contribution in [1.82, 2.24) is 0 Å². The van der Waals surface area contributed by atoms with Gasteiger partial charge < -0.3 is 9.16 Å². The lowest BCUT2D eigenvalue weighted by Gasteiger charge is -2.51. The molecule has 5 atom stereocenters. The van der Waals surface area contributed by atoms with Crippen molar-refractivity contribution in [2.24, 2.45) is 17.3 Å². The average molecular weight is 367 g/mol. The summed E-state index contributed by atoms with van der Waals surface area (Å²) in [5, 5.41) is 0.256. The highest BCUT2D eigenvalue weighted by molar-refractivity contribution is 6.74. The number of rotatable bonds is 3. The first-order valence-electron chi connectivity index (χ1n) is 10.2. The van der Waals surface area contributed by atoms with Gasteiger partial charge in [0.15, 0.2) is 14.1 Å². The van der Waals surface area contributed by atoms with Crippen molar-refractivity contribution < 1.29 is 14.0 Å². The van der Waals surface area contributed by atoms with E-state index in [1.165, 1.54) is 32.1 Å². The van der Waals surface area contributed by atoms with E-state index in [1.54, 1.807) is 0 Å². The third-order valence-electron chi connectivity index (χ3n) is 8.16. The Kier molecular flexibility index (Phi) is 4.83. The Labute approximate surface area is 155 Å². The summed E-state index contributed by atoms with van der Waals surface area (Å²) in [5.41, 5.74) is 0.00407. The molecule has 3 aliphatic rings. The zero-order valence-electron chi connectivity index (χ0n) is 17.4. The summed E-state index contributed by atoms with van der Waals surface area (Å²) in [6, 6.07) is 0. The second kappa shape index (κ2) is 6.17. The van der Waals surface area contributed by atoms with Crippen LogP contribution in [0.15, 0.2) is 0 Å². The Bertz CT molecular complexity index is 538. The summed E-state index contributed by atoms with van der Waals surface area (Å²) < 4.78 is 13.0. The molecule has 25 heavy (non-hydrogen) atoms. The first kappa shape index (κ1) is 19.6. The van der Waals surface area contributed by atoms with E-state index in [4.69, 9.17) is 9.16 Å². The molecule has 0 bridgehead atoms. The van der Waals surface area contributed by atoms with Gasteiger partial charge in [0.25, 0.3) is 0 Å². The summed E-state index contributed by atoms with van der Waals surface area (Å²) in [7, 11) is -1.75. The van der Waals surface area contributed by atoms with E-state index < -0.39 is 8.32 Å². The second-order valence-electron chi connectivity index (χ2n) is 10.9. The van der Waals surface area contributed by atoms with Crippen LogP contribution in [0.3, 0.4) is 0 Å². The maximum Gasteiger partial charge on any atom is 0.192 e. The number of ketones is 1. The summed E-state index contributed by atoms with van der Waals surface area (Å²) in [4.78, 5) is 11.9. The number of ether oxygens (including phenoxy) is 1. The highest BCUT2D eigenvalue weighted by Crippen LogP contribution is 2.61. The van der Waals surface area contributed by atoms with E-state index >= 15 is 0 Å². The van der Waals surface area contributed by atoms with Crippen molar-refractivity contribution in [3.8, 4) is 0 Å². The topological polar surface area (TPSA) is 35.5 Å². The maximum atomic E-state index is 11.9. The van der Waals surface area contributed by atoms with Gasteiger partial charge in [-0.05, 0) is 68.0 Å². The fourth-order valence-electron chi connectivity index (χ4n) is 5.78. The number of Topliss-reactive ketones (excluding diaryl/α,β-unsaturated/α-hetero) is 1. The van der Waals surface area contributed by atoms with Crippen LogP contribution >= 0.6 is 0 Å². The standard InChI is InChI=1S/C21H38O3Si/c1-19(2,3)25(6,7)24-17-9-8-12-20(4)16(17)10-11-18(20)21(5)13-15(22)14-23-21/h16-18H,8-14H2,1-7H3/t16-,17-,18-,20-,21-/m0/s1. The predicted octanol–water partition coefficient (Wildman–Crippen LogP) is 5.34. The lowest BCUT2D eigenvalue weighted by Crippen LogP contribution is -2.52. The first-order chi connectivity index (χ1) is 11.4. The normalized spacial score (nSPS) is 42.7. The summed E-state index contributed by atoms with van der Waals surface area (Å²) in [5.74, 6) is 1.39. The van der Waals surface area contributed by atoms with Gasteiger partial charge in [-0.3, -0.25) is 4.79 Å². The number of hydrogen-bond acceptors (Lipinski definition) is 3. The van der Waals surface area contributed by atoms with Crippen molar-refractivity contribution in [3.63, 3.8) is 0 Å². The Morgan fingerprint density at radius 2 is 1.84 bits per heavy atom. The maximum absolute atomic E-state index is 11.9. The molecule has 2 aliphatic carbocycles. The lowest BCUT2D eigenvalue weighted by molar-refractivity contribution is -0.118. The molecule has 0 amide bonds. The molecule has 0 unspecified atom stereocenters. The zero-order chi connectivity index (χ0) is 18.7. The molecular weight excluding hydrogens is 328 g/mol. The quantitative estimate of drug-likeness (QED) is 0.632. The summed E-state index contributed by atoms with van der Waals surface area (Å²) >= 11 is 0. The highest BCUT2D eigenvalue weighted by Gasteiger charge is 2.59. The monoisotopic (exact) mass is 366 g/mol. The third-order valence-corrected chi connectivity index (χ3v) is 12.7. The zero-order valence-corrected chi connectivity index (χ0v) is 18.4. The molecule has 1 saturated heterocycles. The van der Waals surface area contributed by atoms with Crippen LogP contribution in [0.5, 0.6) is 0 Å². The van der Waals surface area contributed by atoms with Gasteiger partial charge in [-0.15, -0.1) is 0 Å². The largest absolute Gasteiger partial charge is 0.414 e. The number of fused-ring (bicyclic) bond motifs is 1. The first-order valence-corrected chi connectivity index (χ1v) is 13.1. The number of carbonyl (C=O) groups is 1. The smallest absolute Gasteiger partial charge is 0.192 e. The van der Waals surface area contributed by atoms with Crippen molar-refractivity contribution in [1.29, 1.82) is 0 Å². The van der Waals surface area contributed by atoms with Crippen LogP contribution in [0.1, 0.15) is 73.1 Å². The molecule has 144 valence electrons. The van der Waals surface area contributed by atoms with E-state index in [9.17, 15) is 4.79 Å². The van der Waals surface area contributed by atoms with Crippen LogP contribution in [0, 0.1) is 17.3 Å². The van der Waals surface area contributed by atoms with Crippen LogP contribution in [0.25, 0.3) is 0 Å². The van der Waals surface area contributed by atoms with Crippen LogP contribution in [-0.4, -0.2) is 32.4 Å². The number of hydrogen-bond donors (Lipinski definition) is 0. The third kappa shape index (κ3) is 3.27. The molecule has 3 nitrogen and oxygen atoms in total. The molecule has 3 rings (SSSR count). The van der Waals surface area contributed by atoms with Crippen molar-refractivity contribution >= 4 is 14.1 Å². The molecule has 0 radical (unpaired) electrons. The van der Waals surface area contributed by atoms with E-state index in [1.807, 2.05) is 0 Å². The van der Waals surface area contributed by atoms with Crippen molar-refractivity contribution in [2.75, 3.05) is 6.61 Å². The molecule has 3 fully saturated rings. The molecule has 0 aromatic heterocycles. The highest BCUT2D eigenvalue weighted by atomic mass is 28.4. The summed E-state index contributed by atoms with van der Waals surface area (Å²) in [6.07, 6.45) is 7.12. The van der Waals surface area contributed by atoms with Gasteiger partial charge in [-0.25, -0.2) is 0 Å². The van der Waals surface area contributed by atoms with E-state index in [0.29, 0.717) is 31.0 Å². The molecule has 0 aromatic rings. The van der Waals surface area contributed by atoms with Gasteiger partial charge in [0.2, 0.25) is 0 Å². The SMILES string of the molecule is CC(C)(C)[Si](C)(C)O[C@H]1CCC[C@@]2(C)[C@H]1CC[C@@H]2[C@]1(C)CC(=O)CO1. The second-order valence-corrected chi connectivity index (χ2v) is 15.6. The molecule has 0 aromatic carbocycles. The Balaban J connectivity index is 1.81. The van der Waals surface area contributed by atoms with Crippen molar-refractivity contribution in [3.05, 3.63) is 0 Å². The molecule has 1 aliphatic heterocycles. The molecule has 0 spiro atoms. The number of carbonyl (C=O) groups excluding carboxylic acids is 1. The van der Waals surface area contributed by atoms with Gasteiger partial charge in [-0.2, -0.15) is 0 Å². The minimum absolute atomic E-state index is 0.251. The fraction of sp³-hybridized carbons (Fsp3) is 0.952. The molecule has 4 heteroatoms. The molecule has 1 heterocycles. The minimum atomic E-state index is -1.75. The minimum Gasteiger partial charge on any atom is -0.414 e. The van der Waals surface area contributed by atoms with Crippen molar-refractivity contribution in [2.45, 2.75) is 103 Å². The van der Waals surface area contributed by atoms with E-state index in [0.717, 1.165) is 0 Å². The lowest BCUT2D eigenvalue weighted by atomic mass is 9.60. The Morgan fingerprint density at radius 1 is 1.16 bits per heavy atom. The van der Waals surface area contributed by atoms with Gasteiger partial charge in [0, 0.05) is 12.5 Å². The molecular formula is C21H38O3Si. The summed E-state index contributed by atoms with van der Waals surface area (Å²) in [6.45, 7) is 16.7. The van der Waals surface area contributed by atoms with Crippen LogP contribution in [0.2, 0.25) is 18.1 Å². The molecule has 0 N–H and O–H groups in total. The van der Waals surface area contributed by atoms with Gasteiger partial charge in [0.05, 0.1) is 5.60 Å². The molecule has 2 saturated carbocycles. The van der Waals surface area contributed by atoms with E-state index in [-0.39, 0.29) is 21.8 Å². The Morgan fingerprint density at radius 3 is 2.40 bits per heavy atom. The van der Waals surface area contributed by atoms with Gasteiger partial charge in [-0.1, -0.05) is 34.1 Å². The Hall–Kier alpha value is -0.193.